The summed E-state index contributed by atoms with van der Waals surface area (Å²) in [5.74, 6) is -1.91. The lowest BCUT2D eigenvalue weighted by Gasteiger charge is -2.21. The summed E-state index contributed by atoms with van der Waals surface area (Å²) in [6, 6.07) is 4.45. The average molecular weight is 268 g/mol. The highest BCUT2D eigenvalue weighted by Gasteiger charge is 2.29. The van der Waals surface area contributed by atoms with E-state index in [0.717, 1.165) is 0 Å². The van der Waals surface area contributed by atoms with E-state index in [0.29, 0.717) is 0 Å². The van der Waals surface area contributed by atoms with E-state index in [9.17, 15) is 9.59 Å². The first kappa shape index (κ1) is 14.8. The van der Waals surface area contributed by atoms with Crippen LogP contribution in [-0.4, -0.2) is 35.9 Å². The number of benzene rings is 1. The second-order valence-corrected chi connectivity index (χ2v) is 4.62. The van der Waals surface area contributed by atoms with Crippen LogP contribution in [-0.2, 0) is 4.79 Å². The van der Waals surface area contributed by atoms with Crippen LogP contribution < -0.4 is 9.47 Å². The topological polar surface area (TPSA) is 93.1 Å². The Morgan fingerprint density at radius 2 is 1.89 bits per heavy atom. The SMILES string of the molecule is COc1cccc(C(=O)O)c1OCC(C)(C)C(=O)O. The zero-order chi connectivity index (χ0) is 14.6. The maximum Gasteiger partial charge on any atom is 0.339 e. The summed E-state index contributed by atoms with van der Waals surface area (Å²) in [7, 11) is 1.39. The summed E-state index contributed by atoms with van der Waals surface area (Å²) in [5.41, 5.74) is -1.20. The van der Waals surface area contributed by atoms with Crippen molar-refractivity contribution in [3.05, 3.63) is 23.8 Å². The van der Waals surface area contributed by atoms with Crippen LogP contribution in [0.4, 0.5) is 0 Å². The molecule has 0 unspecified atom stereocenters. The lowest BCUT2D eigenvalue weighted by atomic mass is 9.95. The Morgan fingerprint density at radius 3 is 2.37 bits per heavy atom. The standard InChI is InChI=1S/C13H16O6/c1-13(2,12(16)17)7-19-10-8(11(14)15)5-4-6-9(10)18-3/h4-6H,7H2,1-3H3,(H,14,15)(H,16,17). The van der Waals surface area contributed by atoms with Crippen LogP contribution in [0.1, 0.15) is 24.2 Å². The highest BCUT2D eigenvalue weighted by Crippen LogP contribution is 2.32. The van der Waals surface area contributed by atoms with Crippen molar-refractivity contribution >= 4 is 11.9 Å². The third kappa shape index (κ3) is 3.37. The summed E-state index contributed by atoms with van der Waals surface area (Å²) in [4.78, 5) is 22.1. The summed E-state index contributed by atoms with van der Waals surface area (Å²) < 4.78 is 10.4. The molecule has 0 bridgehead atoms. The average Bonchev–Trinajstić information content (AvgIpc) is 2.35. The van der Waals surface area contributed by atoms with E-state index in [-0.39, 0.29) is 23.7 Å². The molecule has 1 aromatic rings. The molecule has 2 N–H and O–H groups in total. The first-order valence-electron chi connectivity index (χ1n) is 5.56. The molecule has 104 valence electrons. The van der Waals surface area contributed by atoms with Gasteiger partial charge in [0.15, 0.2) is 11.5 Å². The van der Waals surface area contributed by atoms with Crippen LogP contribution in [0.2, 0.25) is 0 Å². The van der Waals surface area contributed by atoms with E-state index in [2.05, 4.69) is 0 Å². The number of carboxylic acid groups (broad SMARTS) is 2. The van der Waals surface area contributed by atoms with E-state index < -0.39 is 17.4 Å². The number of rotatable bonds is 6. The minimum absolute atomic E-state index is 0.0341. The summed E-state index contributed by atoms with van der Waals surface area (Å²) in [6.07, 6.45) is 0. The maximum absolute atomic E-state index is 11.1. The predicted octanol–water partition coefficient (Wildman–Crippen LogP) is 1.88. The minimum Gasteiger partial charge on any atom is -0.493 e. The van der Waals surface area contributed by atoms with Crippen molar-refractivity contribution in [3.8, 4) is 11.5 Å². The van der Waals surface area contributed by atoms with Gasteiger partial charge in [-0.3, -0.25) is 4.79 Å². The van der Waals surface area contributed by atoms with Crippen LogP contribution in [0.5, 0.6) is 11.5 Å². The van der Waals surface area contributed by atoms with Crippen LogP contribution in [0.25, 0.3) is 0 Å². The number of aliphatic carboxylic acids is 1. The van der Waals surface area contributed by atoms with Gasteiger partial charge in [0.1, 0.15) is 12.2 Å². The largest absolute Gasteiger partial charge is 0.493 e. The molecule has 6 heteroatoms. The van der Waals surface area contributed by atoms with E-state index in [1.54, 1.807) is 6.07 Å². The van der Waals surface area contributed by atoms with Gasteiger partial charge in [0.05, 0.1) is 12.5 Å². The Balaban J connectivity index is 3.06. The zero-order valence-electron chi connectivity index (χ0n) is 11.0. The third-order valence-corrected chi connectivity index (χ3v) is 2.59. The smallest absolute Gasteiger partial charge is 0.339 e. The van der Waals surface area contributed by atoms with Crippen molar-refractivity contribution in [1.29, 1.82) is 0 Å². The van der Waals surface area contributed by atoms with Crippen LogP contribution in [0, 0.1) is 5.41 Å². The molecular weight excluding hydrogens is 252 g/mol. The normalized spacial score (nSPS) is 10.9. The molecule has 1 rings (SSSR count). The number of para-hydroxylation sites is 1. The van der Waals surface area contributed by atoms with E-state index in [1.807, 2.05) is 0 Å². The van der Waals surface area contributed by atoms with Gasteiger partial charge in [-0.1, -0.05) is 6.07 Å². The number of carboxylic acids is 2. The molecule has 0 saturated carbocycles. The second kappa shape index (κ2) is 5.60. The monoisotopic (exact) mass is 268 g/mol. The fourth-order valence-electron chi connectivity index (χ4n) is 1.31. The van der Waals surface area contributed by atoms with E-state index >= 15 is 0 Å². The Hall–Kier alpha value is -2.24. The molecule has 0 amide bonds. The van der Waals surface area contributed by atoms with Crippen molar-refractivity contribution in [2.75, 3.05) is 13.7 Å². The van der Waals surface area contributed by atoms with Gasteiger partial charge in [-0.25, -0.2) is 4.79 Å². The summed E-state index contributed by atoms with van der Waals surface area (Å²) in [6.45, 7) is 2.82. The number of methoxy groups -OCH3 is 1. The minimum atomic E-state index is -1.16. The second-order valence-electron chi connectivity index (χ2n) is 4.62. The fraction of sp³-hybridized carbons (Fsp3) is 0.385. The Labute approximate surface area is 110 Å². The maximum atomic E-state index is 11.1. The molecule has 0 atom stereocenters. The van der Waals surface area contributed by atoms with Crippen molar-refractivity contribution < 1.29 is 29.3 Å². The van der Waals surface area contributed by atoms with E-state index in [4.69, 9.17) is 19.7 Å². The van der Waals surface area contributed by atoms with Crippen molar-refractivity contribution in [1.82, 2.24) is 0 Å². The van der Waals surface area contributed by atoms with Gasteiger partial charge in [-0.15, -0.1) is 0 Å². The number of aromatic carboxylic acids is 1. The molecule has 0 saturated heterocycles. The molecule has 6 nitrogen and oxygen atoms in total. The van der Waals surface area contributed by atoms with Crippen LogP contribution in [0.3, 0.4) is 0 Å². The Morgan fingerprint density at radius 1 is 1.26 bits per heavy atom. The quantitative estimate of drug-likeness (QED) is 0.818. The number of carbonyl (C=O) groups is 2. The summed E-state index contributed by atoms with van der Waals surface area (Å²) in [5, 5.41) is 18.1. The molecule has 0 aliphatic heterocycles. The highest BCUT2D eigenvalue weighted by molar-refractivity contribution is 5.92. The zero-order valence-corrected chi connectivity index (χ0v) is 11.0. The van der Waals surface area contributed by atoms with Crippen molar-refractivity contribution in [2.45, 2.75) is 13.8 Å². The molecule has 0 aliphatic rings. The number of hydrogen-bond acceptors (Lipinski definition) is 4. The summed E-state index contributed by atoms with van der Waals surface area (Å²) >= 11 is 0. The van der Waals surface area contributed by atoms with Crippen LogP contribution >= 0.6 is 0 Å². The van der Waals surface area contributed by atoms with Gasteiger partial charge in [-0.2, -0.15) is 0 Å². The molecule has 0 aliphatic carbocycles. The molecular formula is C13H16O6. The molecule has 0 aromatic heterocycles. The molecule has 19 heavy (non-hydrogen) atoms. The number of ether oxygens (including phenoxy) is 2. The van der Waals surface area contributed by atoms with Gasteiger partial charge in [0, 0.05) is 0 Å². The third-order valence-electron chi connectivity index (χ3n) is 2.59. The van der Waals surface area contributed by atoms with Gasteiger partial charge in [0.2, 0.25) is 0 Å². The Kier molecular flexibility index (Phi) is 4.37. The molecule has 0 heterocycles. The van der Waals surface area contributed by atoms with Crippen molar-refractivity contribution in [2.24, 2.45) is 5.41 Å². The van der Waals surface area contributed by atoms with Gasteiger partial charge in [0.25, 0.3) is 0 Å². The van der Waals surface area contributed by atoms with Crippen molar-refractivity contribution in [3.63, 3.8) is 0 Å². The first-order valence-corrected chi connectivity index (χ1v) is 5.56. The fourth-order valence-corrected chi connectivity index (χ4v) is 1.31. The predicted molar refractivity (Wildman–Crippen MR) is 66.9 cm³/mol. The first-order chi connectivity index (χ1) is 8.79. The Bertz CT molecular complexity index is 492. The van der Waals surface area contributed by atoms with Gasteiger partial charge in [-0.05, 0) is 26.0 Å². The molecule has 1 aromatic carbocycles. The highest BCUT2D eigenvalue weighted by atomic mass is 16.5. The van der Waals surface area contributed by atoms with E-state index in [1.165, 1.54) is 33.1 Å². The molecule has 0 radical (unpaired) electrons. The van der Waals surface area contributed by atoms with Gasteiger partial charge < -0.3 is 19.7 Å². The van der Waals surface area contributed by atoms with Gasteiger partial charge >= 0.3 is 11.9 Å². The molecule has 0 spiro atoms. The number of hydrogen-bond donors (Lipinski definition) is 2. The van der Waals surface area contributed by atoms with Crippen LogP contribution in [0.15, 0.2) is 18.2 Å². The lowest BCUT2D eigenvalue weighted by Crippen LogP contribution is -2.31. The lowest BCUT2D eigenvalue weighted by molar-refractivity contribution is -0.148. The molecule has 0 fully saturated rings.